The Morgan fingerprint density at radius 1 is 1.48 bits per heavy atom. The number of rotatable bonds is 4. The van der Waals surface area contributed by atoms with Gasteiger partial charge in [-0.2, -0.15) is 0 Å². The largest absolute Gasteiger partial charge is 0.393 e. The quantitative estimate of drug-likeness (QED) is 0.492. The first-order valence-electron chi connectivity index (χ1n) is 6.98. The molecule has 1 fully saturated rings. The molecule has 1 heterocycles. The van der Waals surface area contributed by atoms with Crippen molar-refractivity contribution in [3.05, 3.63) is 33.9 Å². The second-order valence-electron chi connectivity index (χ2n) is 5.31. The molecule has 0 radical (unpaired) electrons. The highest BCUT2D eigenvalue weighted by Gasteiger charge is 2.24. The number of nitrogens with zero attached hydrogens (tertiary/aromatic N) is 2. The molecule has 7 nitrogen and oxygen atoms in total. The van der Waals surface area contributed by atoms with Crippen molar-refractivity contribution in [3.63, 3.8) is 0 Å². The molecule has 1 aromatic carbocycles. The molecule has 0 aliphatic carbocycles. The summed E-state index contributed by atoms with van der Waals surface area (Å²) in [6.45, 7) is 2.38. The standard InChI is InChI=1S/C14H20N4O3/c1-16-14(19)11-4-6-17(7-5-11)9-10-2-3-13(18(20)21)12(15)8-10/h2-3,8,11H,4-7,9,15H2,1H3,(H,16,19). The van der Waals surface area contributed by atoms with Crippen molar-refractivity contribution in [2.75, 3.05) is 25.9 Å². The van der Waals surface area contributed by atoms with Gasteiger partial charge in [-0.05, 0) is 37.6 Å². The van der Waals surface area contributed by atoms with Crippen molar-refractivity contribution in [3.8, 4) is 0 Å². The maximum Gasteiger partial charge on any atom is 0.292 e. The van der Waals surface area contributed by atoms with Crippen LogP contribution in [0.1, 0.15) is 18.4 Å². The molecular formula is C14H20N4O3. The summed E-state index contributed by atoms with van der Waals surface area (Å²) in [6, 6.07) is 4.84. The van der Waals surface area contributed by atoms with Gasteiger partial charge in [-0.15, -0.1) is 0 Å². The Labute approximate surface area is 123 Å². The smallest absolute Gasteiger partial charge is 0.292 e. The zero-order valence-corrected chi connectivity index (χ0v) is 12.0. The van der Waals surface area contributed by atoms with E-state index in [-0.39, 0.29) is 23.2 Å². The average molecular weight is 292 g/mol. The lowest BCUT2D eigenvalue weighted by Gasteiger charge is -2.31. The third-order valence-electron chi connectivity index (χ3n) is 3.90. The molecule has 1 aliphatic rings. The Bertz CT molecular complexity index is 539. The Balaban J connectivity index is 1.93. The minimum absolute atomic E-state index is 0.0583. The minimum Gasteiger partial charge on any atom is -0.393 e. The van der Waals surface area contributed by atoms with Crippen LogP contribution < -0.4 is 11.1 Å². The third kappa shape index (κ3) is 3.69. The second-order valence-corrected chi connectivity index (χ2v) is 5.31. The van der Waals surface area contributed by atoms with E-state index >= 15 is 0 Å². The van der Waals surface area contributed by atoms with E-state index in [2.05, 4.69) is 10.2 Å². The van der Waals surface area contributed by atoms with Gasteiger partial charge in [-0.1, -0.05) is 6.07 Å². The van der Waals surface area contributed by atoms with E-state index < -0.39 is 4.92 Å². The van der Waals surface area contributed by atoms with Crippen LogP contribution in [-0.2, 0) is 11.3 Å². The van der Waals surface area contributed by atoms with E-state index in [1.165, 1.54) is 6.07 Å². The summed E-state index contributed by atoms with van der Waals surface area (Å²) < 4.78 is 0. The number of benzene rings is 1. The number of anilines is 1. The molecule has 114 valence electrons. The van der Waals surface area contributed by atoms with Crippen LogP contribution in [0, 0.1) is 16.0 Å². The lowest BCUT2D eigenvalue weighted by Crippen LogP contribution is -2.39. The number of hydrogen-bond donors (Lipinski definition) is 2. The predicted molar refractivity (Wildman–Crippen MR) is 79.6 cm³/mol. The topological polar surface area (TPSA) is 102 Å². The maximum atomic E-state index is 11.6. The van der Waals surface area contributed by atoms with E-state index in [0.29, 0.717) is 6.54 Å². The second kappa shape index (κ2) is 6.53. The van der Waals surface area contributed by atoms with Crippen LogP contribution in [0.5, 0.6) is 0 Å². The maximum absolute atomic E-state index is 11.6. The number of likely N-dealkylation sites (tertiary alicyclic amines) is 1. The SMILES string of the molecule is CNC(=O)C1CCN(Cc2ccc([N+](=O)[O-])c(N)c2)CC1. The van der Waals surface area contributed by atoms with Crippen molar-refractivity contribution in [2.45, 2.75) is 19.4 Å². The molecule has 1 aromatic rings. The first-order valence-corrected chi connectivity index (χ1v) is 6.98. The third-order valence-corrected chi connectivity index (χ3v) is 3.90. The van der Waals surface area contributed by atoms with E-state index in [1.54, 1.807) is 19.2 Å². The van der Waals surface area contributed by atoms with Gasteiger partial charge in [-0.3, -0.25) is 19.8 Å². The number of hydrogen-bond acceptors (Lipinski definition) is 5. The van der Waals surface area contributed by atoms with Crippen LogP contribution in [0.15, 0.2) is 18.2 Å². The molecule has 7 heteroatoms. The number of amides is 1. The highest BCUT2D eigenvalue weighted by atomic mass is 16.6. The summed E-state index contributed by atoms with van der Waals surface area (Å²) in [5.74, 6) is 0.197. The van der Waals surface area contributed by atoms with Gasteiger partial charge in [0.2, 0.25) is 5.91 Å². The number of carbonyl (C=O) groups excluding carboxylic acids is 1. The van der Waals surface area contributed by atoms with Gasteiger partial charge in [0.25, 0.3) is 5.69 Å². The Morgan fingerprint density at radius 2 is 2.14 bits per heavy atom. The van der Waals surface area contributed by atoms with Crippen molar-refractivity contribution in [1.29, 1.82) is 0 Å². The molecule has 1 amide bonds. The zero-order valence-electron chi connectivity index (χ0n) is 12.0. The first kappa shape index (κ1) is 15.2. The predicted octanol–water partition coefficient (Wildman–Crippen LogP) is 1.13. The molecule has 0 bridgehead atoms. The van der Waals surface area contributed by atoms with Crippen LogP contribution in [0.4, 0.5) is 11.4 Å². The van der Waals surface area contributed by atoms with Gasteiger partial charge in [0, 0.05) is 25.6 Å². The number of nitrogen functional groups attached to an aromatic ring is 1. The fourth-order valence-corrected chi connectivity index (χ4v) is 2.68. The van der Waals surface area contributed by atoms with Crippen LogP contribution in [0.2, 0.25) is 0 Å². The summed E-state index contributed by atoms with van der Waals surface area (Å²) in [5.41, 5.74) is 6.78. The van der Waals surface area contributed by atoms with Crippen LogP contribution in [0.25, 0.3) is 0 Å². The van der Waals surface area contributed by atoms with E-state index in [9.17, 15) is 14.9 Å². The Hall–Kier alpha value is -2.15. The lowest BCUT2D eigenvalue weighted by atomic mass is 9.95. The van der Waals surface area contributed by atoms with E-state index in [0.717, 1.165) is 31.5 Å². The summed E-state index contributed by atoms with van der Waals surface area (Å²) in [5, 5.41) is 13.4. The summed E-state index contributed by atoms with van der Waals surface area (Å²) >= 11 is 0. The fraction of sp³-hybridized carbons (Fsp3) is 0.500. The molecule has 0 aromatic heterocycles. The van der Waals surface area contributed by atoms with Crippen molar-refractivity contribution in [1.82, 2.24) is 10.2 Å². The Morgan fingerprint density at radius 3 is 2.67 bits per heavy atom. The highest BCUT2D eigenvalue weighted by molar-refractivity contribution is 5.78. The average Bonchev–Trinajstić information content (AvgIpc) is 2.47. The van der Waals surface area contributed by atoms with Crippen molar-refractivity contribution < 1.29 is 9.72 Å². The van der Waals surface area contributed by atoms with Gasteiger partial charge in [-0.25, -0.2) is 0 Å². The number of piperidine rings is 1. The van der Waals surface area contributed by atoms with Gasteiger partial charge in [0.1, 0.15) is 5.69 Å². The normalized spacial score (nSPS) is 16.6. The fourth-order valence-electron chi connectivity index (χ4n) is 2.68. The van der Waals surface area contributed by atoms with Crippen LogP contribution in [0.3, 0.4) is 0 Å². The van der Waals surface area contributed by atoms with Crippen molar-refractivity contribution in [2.24, 2.45) is 5.92 Å². The monoisotopic (exact) mass is 292 g/mol. The van der Waals surface area contributed by atoms with Crippen LogP contribution in [-0.4, -0.2) is 35.9 Å². The molecule has 0 atom stereocenters. The summed E-state index contributed by atoms with van der Waals surface area (Å²) in [7, 11) is 1.66. The van der Waals surface area contributed by atoms with Gasteiger partial charge in [0.15, 0.2) is 0 Å². The summed E-state index contributed by atoms with van der Waals surface area (Å²) in [4.78, 5) is 24.1. The lowest BCUT2D eigenvalue weighted by molar-refractivity contribution is -0.383. The number of nitrogens with one attached hydrogen (secondary N) is 1. The molecule has 0 spiro atoms. The number of nitrogens with two attached hydrogens (primary N) is 1. The van der Waals surface area contributed by atoms with E-state index in [1.807, 2.05) is 0 Å². The number of nitro benzene ring substituents is 1. The highest BCUT2D eigenvalue weighted by Crippen LogP contribution is 2.24. The molecule has 0 saturated carbocycles. The molecular weight excluding hydrogens is 272 g/mol. The van der Waals surface area contributed by atoms with Gasteiger partial charge >= 0.3 is 0 Å². The summed E-state index contributed by atoms with van der Waals surface area (Å²) in [6.07, 6.45) is 1.67. The van der Waals surface area contributed by atoms with Crippen molar-refractivity contribution >= 4 is 17.3 Å². The molecule has 1 aliphatic heterocycles. The molecule has 3 N–H and O–H groups in total. The number of carbonyl (C=O) groups is 1. The Kier molecular flexibility index (Phi) is 4.74. The van der Waals surface area contributed by atoms with Gasteiger partial charge < -0.3 is 11.1 Å². The van der Waals surface area contributed by atoms with Gasteiger partial charge in [0.05, 0.1) is 4.92 Å². The molecule has 2 rings (SSSR count). The minimum atomic E-state index is -0.478. The van der Waals surface area contributed by atoms with Crippen LogP contribution >= 0.6 is 0 Å². The number of nitro groups is 1. The zero-order chi connectivity index (χ0) is 15.4. The molecule has 1 saturated heterocycles. The van der Waals surface area contributed by atoms with E-state index in [4.69, 9.17) is 5.73 Å². The molecule has 0 unspecified atom stereocenters. The first-order chi connectivity index (χ1) is 10.0. The molecule has 21 heavy (non-hydrogen) atoms.